The van der Waals surface area contributed by atoms with Crippen molar-refractivity contribution in [1.29, 1.82) is 0 Å². The summed E-state index contributed by atoms with van der Waals surface area (Å²) in [5.41, 5.74) is 0.527. The quantitative estimate of drug-likeness (QED) is 0.502. The van der Waals surface area contributed by atoms with Crippen LogP contribution in [0.15, 0.2) is 17.1 Å². The third kappa shape index (κ3) is 6.13. The second-order valence-corrected chi connectivity index (χ2v) is 6.28. The fourth-order valence-corrected chi connectivity index (χ4v) is 2.59. The van der Waals surface area contributed by atoms with Gasteiger partial charge in [-0.3, -0.25) is 4.99 Å². The third-order valence-corrected chi connectivity index (χ3v) is 4.54. The summed E-state index contributed by atoms with van der Waals surface area (Å²) in [4.78, 5) is 6.42. The van der Waals surface area contributed by atoms with Crippen molar-refractivity contribution < 1.29 is 23.0 Å². The van der Waals surface area contributed by atoms with E-state index in [0.29, 0.717) is 35.6 Å². The Morgan fingerprint density at radius 2 is 2.00 bits per heavy atom. The lowest BCUT2D eigenvalue weighted by atomic mass is 10.1. The summed E-state index contributed by atoms with van der Waals surface area (Å²) < 4.78 is 40.5. The molecule has 2 rings (SSSR count). The molecule has 1 aromatic carbocycles. The lowest BCUT2D eigenvalue weighted by Crippen LogP contribution is -2.42. The SMILES string of the molecule is CCC(C)N(C)CCNC(=NC)NCc1cc2c(cc1OC(F)F)OCO2. The van der Waals surface area contributed by atoms with Crippen molar-refractivity contribution in [3.63, 3.8) is 0 Å². The number of hydrogen-bond acceptors (Lipinski definition) is 5. The van der Waals surface area contributed by atoms with Crippen molar-refractivity contribution >= 4 is 5.96 Å². The zero-order valence-electron chi connectivity index (χ0n) is 16.2. The summed E-state index contributed by atoms with van der Waals surface area (Å²) in [6.45, 7) is 3.29. The Balaban J connectivity index is 1.93. The minimum atomic E-state index is -2.92. The van der Waals surface area contributed by atoms with E-state index >= 15 is 0 Å². The first kappa shape index (κ1) is 21.0. The van der Waals surface area contributed by atoms with Crippen LogP contribution in [-0.2, 0) is 6.54 Å². The van der Waals surface area contributed by atoms with E-state index in [0.717, 1.165) is 13.0 Å². The van der Waals surface area contributed by atoms with Crippen molar-refractivity contribution in [2.75, 3.05) is 34.0 Å². The normalized spacial score (nSPS) is 14.6. The first-order valence-corrected chi connectivity index (χ1v) is 8.96. The van der Waals surface area contributed by atoms with Crippen molar-refractivity contribution in [3.8, 4) is 17.2 Å². The van der Waals surface area contributed by atoms with E-state index in [-0.39, 0.29) is 19.1 Å². The maximum absolute atomic E-state index is 12.7. The van der Waals surface area contributed by atoms with E-state index in [9.17, 15) is 8.78 Å². The van der Waals surface area contributed by atoms with Crippen LogP contribution in [0, 0.1) is 0 Å². The molecule has 1 aromatic rings. The minimum absolute atomic E-state index is 0.0497. The maximum Gasteiger partial charge on any atom is 0.387 e. The van der Waals surface area contributed by atoms with Crippen LogP contribution in [0.1, 0.15) is 25.8 Å². The smallest absolute Gasteiger partial charge is 0.387 e. The number of ether oxygens (including phenoxy) is 3. The van der Waals surface area contributed by atoms with Gasteiger partial charge in [0.1, 0.15) is 5.75 Å². The Morgan fingerprint density at radius 1 is 1.30 bits per heavy atom. The van der Waals surface area contributed by atoms with Gasteiger partial charge in [0.25, 0.3) is 0 Å². The van der Waals surface area contributed by atoms with Gasteiger partial charge in [-0.25, -0.2) is 0 Å². The van der Waals surface area contributed by atoms with Crippen LogP contribution in [0.5, 0.6) is 17.2 Å². The van der Waals surface area contributed by atoms with E-state index in [2.05, 4.69) is 46.2 Å². The summed E-state index contributed by atoms with van der Waals surface area (Å²) in [5, 5.41) is 6.32. The Morgan fingerprint density at radius 3 is 2.63 bits per heavy atom. The number of guanidine groups is 1. The molecule has 2 N–H and O–H groups in total. The van der Waals surface area contributed by atoms with Gasteiger partial charge in [0.05, 0.1) is 0 Å². The summed E-state index contributed by atoms with van der Waals surface area (Å²) in [6.07, 6.45) is 1.08. The van der Waals surface area contributed by atoms with Gasteiger partial charge in [-0.05, 0) is 26.5 Å². The van der Waals surface area contributed by atoms with Crippen LogP contribution in [0.25, 0.3) is 0 Å². The largest absolute Gasteiger partial charge is 0.454 e. The predicted molar refractivity (Wildman–Crippen MR) is 99.8 cm³/mol. The van der Waals surface area contributed by atoms with Gasteiger partial charge in [-0.15, -0.1) is 0 Å². The number of fused-ring (bicyclic) bond motifs is 1. The van der Waals surface area contributed by atoms with Gasteiger partial charge in [-0.2, -0.15) is 8.78 Å². The average molecular weight is 386 g/mol. The molecule has 0 aromatic heterocycles. The molecule has 1 unspecified atom stereocenters. The summed E-state index contributed by atoms with van der Waals surface area (Å²) in [7, 11) is 3.73. The number of aliphatic imine (C=N–C) groups is 1. The number of nitrogens with zero attached hydrogens (tertiary/aromatic N) is 2. The number of alkyl halides is 2. The molecular formula is C18H28F2N4O3. The first-order chi connectivity index (χ1) is 12.9. The summed E-state index contributed by atoms with van der Waals surface area (Å²) >= 11 is 0. The van der Waals surface area contributed by atoms with Gasteiger partial charge in [-0.1, -0.05) is 6.92 Å². The molecule has 9 heteroatoms. The molecule has 0 spiro atoms. The Hall–Kier alpha value is -2.29. The highest BCUT2D eigenvalue weighted by Crippen LogP contribution is 2.38. The molecule has 0 radical (unpaired) electrons. The zero-order chi connectivity index (χ0) is 19.8. The van der Waals surface area contributed by atoms with E-state index in [1.54, 1.807) is 13.1 Å². The highest BCUT2D eigenvalue weighted by molar-refractivity contribution is 5.79. The molecule has 0 bridgehead atoms. The van der Waals surface area contributed by atoms with Crippen LogP contribution in [0.3, 0.4) is 0 Å². The molecule has 0 fully saturated rings. The lowest BCUT2D eigenvalue weighted by Gasteiger charge is -2.24. The molecule has 1 heterocycles. The van der Waals surface area contributed by atoms with Crippen molar-refractivity contribution in [1.82, 2.24) is 15.5 Å². The third-order valence-electron chi connectivity index (χ3n) is 4.54. The number of nitrogens with one attached hydrogen (secondary N) is 2. The van der Waals surface area contributed by atoms with Crippen LogP contribution < -0.4 is 24.8 Å². The fraction of sp³-hybridized carbons (Fsp3) is 0.611. The molecule has 0 saturated carbocycles. The Bertz CT molecular complexity index is 643. The highest BCUT2D eigenvalue weighted by atomic mass is 19.3. The summed E-state index contributed by atoms with van der Waals surface area (Å²) in [5.74, 6) is 1.53. The second-order valence-electron chi connectivity index (χ2n) is 6.28. The molecule has 1 aliphatic heterocycles. The molecule has 0 amide bonds. The number of rotatable bonds is 9. The van der Waals surface area contributed by atoms with Crippen molar-refractivity contribution in [2.45, 2.75) is 39.5 Å². The molecule has 1 atom stereocenters. The molecule has 152 valence electrons. The predicted octanol–water partition coefficient (Wildman–Crippen LogP) is 2.41. The zero-order valence-corrected chi connectivity index (χ0v) is 16.2. The van der Waals surface area contributed by atoms with Gasteiger partial charge in [0.2, 0.25) is 6.79 Å². The molecular weight excluding hydrogens is 358 g/mol. The van der Waals surface area contributed by atoms with E-state index in [4.69, 9.17) is 9.47 Å². The van der Waals surface area contributed by atoms with Crippen LogP contribution in [0.2, 0.25) is 0 Å². The second kappa shape index (κ2) is 10.1. The standard InChI is InChI=1S/C18H28F2N4O3/c1-5-12(2)24(4)7-6-22-18(21-3)23-10-13-8-15-16(26-11-25-15)9-14(13)27-17(19)20/h8-9,12,17H,5-7,10-11H2,1-4H3,(H2,21,22,23). The van der Waals surface area contributed by atoms with Gasteiger partial charge >= 0.3 is 6.61 Å². The maximum atomic E-state index is 12.7. The Kier molecular flexibility index (Phi) is 7.90. The van der Waals surface area contributed by atoms with Gasteiger partial charge < -0.3 is 29.7 Å². The van der Waals surface area contributed by atoms with Gasteiger partial charge in [0.15, 0.2) is 17.5 Å². The molecule has 7 nitrogen and oxygen atoms in total. The van der Waals surface area contributed by atoms with Crippen LogP contribution in [0.4, 0.5) is 8.78 Å². The van der Waals surface area contributed by atoms with Crippen molar-refractivity contribution in [2.24, 2.45) is 4.99 Å². The summed E-state index contributed by atoms with van der Waals surface area (Å²) in [6, 6.07) is 3.56. The van der Waals surface area contributed by atoms with Gasteiger partial charge in [0, 0.05) is 44.4 Å². The number of halogens is 2. The number of likely N-dealkylation sites (N-methyl/N-ethyl adjacent to an activating group) is 1. The molecule has 27 heavy (non-hydrogen) atoms. The van der Waals surface area contributed by atoms with Crippen molar-refractivity contribution in [3.05, 3.63) is 17.7 Å². The van der Waals surface area contributed by atoms with Crippen LogP contribution in [-0.4, -0.2) is 57.5 Å². The lowest BCUT2D eigenvalue weighted by molar-refractivity contribution is -0.0505. The van der Waals surface area contributed by atoms with E-state index < -0.39 is 6.61 Å². The number of benzene rings is 1. The molecule has 0 aliphatic carbocycles. The Labute approximate surface area is 158 Å². The monoisotopic (exact) mass is 386 g/mol. The first-order valence-electron chi connectivity index (χ1n) is 8.96. The molecule has 0 saturated heterocycles. The van der Waals surface area contributed by atoms with E-state index in [1.807, 2.05) is 0 Å². The van der Waals surface area contributed by atoms with E-state index in [1.165, 1.54) is 6.07 Å². The topological polar surface area (TPSA) is 67.4 Å². The average Bonchev–Trinajstić information content (AvgIpc) is 3.10. The van der Waals surface area contributed by atoms with Crippen LogP contribution >= 0.6 is 0 Å². The fourth-order valence-electron chi connectivity index (χ4n) is 2.59. The molecule has 1 aliphatic rings. The minimum Gasteiger partial charge on any atom is -0.454 e. The number of hydrogen-bond donors (Lipinski definition) is 2. The highest BCUT2D eigenvalue weighted by Gasteiger charge is 2.20.